The summed E-state index contributed by atoms with van der Waals surface area (Å²) in [6, 6.07) is 19.2. The molecule has 100 valence electrons. The molecule has 0 aromatic heterocycles. The molecule has 3 rings (SSSR count). The SMILES string of the molecule is CC1(Br)C(=O)N(c2ccccc2)N=C1c1ccccc1. The van der Waals surface area contributed by atoms with Gasteiger partial charge >= 0.3 is 0 Å². The fourth-order valence-electron chi connectivity index (χ4n) is 2.21. The largest absolute Gasteiger partial charge is 0.270 e. The average Bonchev–Trinajstić information content (AvgIpc) is 2.72. The van der Waals surface area contributed by atoms with Crippen molar-refractivity contribution < 1.29 is 4.79 Å². The van der Waals surface area contributed by atoms with Crippen molar-refractivity contribution >= 4 is 33.2 Å². The van der Waals surface area contributed by atoms with Crippen LogP contribution in [-0.4, -0.2) is 15.9 Å². The minimum absolute atomic E-state index is 0.0810. The third-order valence-electron chi connectivity index (χ3n) is 3.29. The van der Waals surface area contributed by atoms with Gasteiger partial charge < -0.3 is 0 Å². The van der Waals surface area contributed by atoms with Gasteiger partial charge in [-0.15, -0.1) is 0 Å². The Bertz CT molecular complexity index is 665. The molecule has 1 unspecified atom stereocenters. The van der Waals surface area contributed by atoms with E-state index >= 15 is 0 Å². The molecule has 0 aliphatic carbocycles. The molecular weight excluding hydrogens is 316 g/mol. The zero-order valence-electron chi connectivity index (χ0n) is 11.0. The van der Waals surface area contributed by atoms with Gasteiger partial charge in [-0.1, -0.05) is 64.5 Å². The second kappa shape index (κ2) is 4.87. The molecule has 3 nitrogen and oxygen atoms in total. The highest BCUT2D eigenvalue weighted by Crippen LogP contribution is 2.34. The molecule has 0 saturated heterocycles. The first kappa shape index (κ1) is 13.1. The smallest absolute Gasteiger partial charge is 0.270 e. The molecule has 20 heavy (non-hydrogen) atoms. The van der Waals surface area contributed by atoms with Gasteiger partial charge in [0, 0.05) is 0 Å². The summed E-state index contributed by atoms with van der Waals surface area (Å²) in [5.41, 5.74) is 2.44. The first-order valence-electron chi connectivity index (χ1n) is 6.34. The van der Waals surface area contributed by atoms with Crippen molar-refractivity contribution in [1.29, 1.82) is 0 Å². The van der Waals surface area contributed by atoms with Gasteiger partial charge in [0.05, 0.1) is 11.4 Å². The number of hydrogen-bond acceptors (Lipinski definition) is 2. The highest BCUT2D eigenvalue weighted by atomic mass is 79.9. The topological polar surface area (TPSA) is 32.7 Å². The maximum absolute atomic E-state index is 12.6. The zero-order valence-corrected chi connectivity index (χ0v) is 12.5. The molecule has 0 bridgehead atoms. The number of halogens is 1. The third kappa shape index (κ3) is 2.06. The molecule has 0 spiro atoms. The Hall–Kier alpha value is -1.94. The Kier molecular flexibility index (Phi) is 3.18. The molecule has 4 heteroatoms. The van der Waals surface area contributed by atoms with Gasteiger partial charge in [0.1, 0.15) is 4.32 Å². The Labute approximate surface area is 126 Å². The van der Waals surface area contributed by atoms with Crippen molar-refractivity contribution in [3.8, 4) is 0 Å². The number of carbonyl (C=O) groups excluding carboxylic acids is 1. The maximum atomic E-state index is 12.6. The van der Waals surface area contributed by atoms with Crippen molar-refractivity contribution in [2.75, 3.05) is 5.01 Å². The number of benzene rings is 2. The van der Waals surface area contributed by atoms with E-state index in [0.29, 0.717) is 0 Å². The summed E-state index contributed by atoms with van der Waals surface area (Å²) in [7, 11) is 0. The number of rotatable bonds is 2. The van der Waals surface area contributed by atoms with E-state index in [1.54, 1.807) is 0 Å². The predicted molar refractivity (Wildman–Crippen MR) is 84.2 cm³/mol. The van der Waals surface area contributed by atoms with Crippen molar-refractivity contribution in [2.24, 2.45) is 5.10 Å². The third-order valence-corrected chi connectivity index (χ3v) is 4.00. The lowest BCUT2D eigenvalue weighted by Gasteiger charge is -2.17. The van der Waals surface area contributed by atoms with E-state index in [1.165, 1.54) is 5.01 Å². The van der Waals surface area contributed by atoms with Crippen LogP contribution >= 0.6 is 15.9 Å². The fraction of sp³-hybridized carbons (Fsp3) is 0.125. The highest BCUT2D eigenvalue weighted by Gasteiger charge is 2.46. The Morgan fingerprint density at radius 1 is 1.00 bits per heavy atom. The average molecular weight is 329 g/mol. The van der Waals surface area contributed by atoms with E-state index in [2.05, 4.69) is 21.0 Å². The molecule has 1 aliphatic rings. The van der Waals surface area contributed by atoms with Crippen LogP contribution in [-0.2, 0) is 4.79 Å². The molecule has 0 saturated carbocycles. The maximum Gasteiger partial charge on any atom is 0.270 e. The summed E-state index contributed by atoms with van der Waals surface area (Å²) in [5, 5.41) is 5.97. The van der Waals surface area contributed by atoms with E-state index in [1.807, 2.05) is 67.6 Å². The van der Waals surface area contributed by atoms with Crippen LogP contribution in [0.2, 0.25) is 0 Å². The Morgan fingerprint density at radius 3 is 2.15 bits per heavy atom. The quantitative estimate of drug-likeness (QED) is 0.775. The van der Waals surface area contributed by atoms with Crippen LogP contribution in [0, 0.1) is 0 Å². The molecule has 1 amide bonds. The number of anilines is 1. The monoisotopic (exact) mass is 328 g/mol. The molecule has 1 aliphatic heterocycles. The number of hydrazone groups is 1. The molecule has 2 aromatic rings. The number of alkyl halides is 1. The van der Waals surface area contributed by atoms with Crippen LogP contribution in [0.5, 0.6) is 0 Å². The number of amides is 1. The number of para-hydroxylation sites is 1. The first-order chi connectivity index (χ1) is 9.60. The second-order valence-corrected chi connectivity index (χ2v) is 6.36. The highest BCUT2D eigenvalue weighted by molar-refractivity contribution is 9.10. The van der Waals surface area contributed by atoms with Gasteiger partial charge in [-0.2, -0.15) is 10.1 Å². The summed E-state index contributed by atoms with van der Waals surface area (Å²) < 4.78 is -0.801. The van der Waals surface area contributed by atoms with Crippen LogP contribution < -0.4 is 5.01 Å². The summed E-state index contributed by atoms with van der Waals surface area (Å²) in [5.74, 6) is -0.0810. The lowest BCUT2D eigenvalue weighted by molar-refractivity contribution is -0.118. The Balaban J connectivity index is 2.08. The van der Waals surface area contributed by atoms with E-state index in [-0.39, 0.29) is 5.91 Å². The summed E-state index contributed by atoms with van der Waals surface area (Å²) in [6.07, 6.45) is 0. The number of nitrogens with zero attached hydrogens (tertiary/aromatic N) is 2. The number of hydrogen-bond donors (Lipinski definition) is 0. The van der Waals surface area contributed by atoms with E-state index in [0.717, 1.165) is 17.0 Å². The number of carbonyl (C=O) groups is 1. The molecule has 0 radical (unpaired) electrons. The normalized spacial score (nSPS) is 22.0. The van der Waals surface area contributed by atoms with Gasteiger partial charge in [-0.25, -0.2) is 0 Å². The van der Waals surface area contributed by atoms with Crippen LogP contribution in [0.1, 0.15) is 12.5 Å². The Morgan fingerprint density at radius 2 is 1.55 bits per heavy atom. The van der Waals surface area contributed by atoms with Crippen molar-refractivity contribution in [2.45, 2.75) is 11.2 Å². The van der Waals surface area contributed by atoms with E-state index in [4.69, 9.17) is 0 Å². The molecule has 1 atom stereocenters. The predicted octanol–water partition coefficient (Wildman–Crippen LogP) is 3.59. The van der Waals surface area contributed by atoms with Crippen LogP contribution in [0.25, 0.3) is 0 Å². The summed E-state index contributed by atoms with van der Waals surface area (Å²) >= 11 is 3.53. The van der Waals surface area contributed by atoms with Crippen molar-refractivity contribution in [3.05, 3.63) is 66.2 Å². The molecule has 0 N–H and O–H groups in total. The van der Waals surface area contributed by atoms with Gasteiger partial charge in [0.2, 0.25) is 0 Å². The van der Waals surface area contributed by atoms with Gasteiger partial charge in [0.25, 0.3) is 5.91 Å². The molecule has 1 heterocycles. The van der Waals surface area contributed by atoms with Crippen molar-refractivity contribution in [3.63, 3.8) is 0 Å². The second-order valence-electron chi connectivity index (χ2n) is 4.77. The van der Waals surface area contributed by atoms with Crippen LogP contribution in [0.4, 0.5) is 5.69 Å². The molecular formula is C16H13BrN2O. The fourth-order valence-corrected chi connectivity index (χ4v) is 2.68. The standard InChI is InChI=1S/C16H13BrN2O/c1-16(17)14(12-8-4-2-5-9-12)18-19(15(16)20)13-10-6-3-7-11-13/h2-11H,1H3. The van der Waals surface area contributed by atoms with E-state index < -0.39 is 4.32 Å². The minimum Gasteiger partial charge on any atom is -0.270 e. The van der Waals surface area contributed by atoms with Gasteiger partial charge in [-0.3, -0.25) is 4.79 Å². The minimum atomic E-state index is -0.801. The molecule has 2 aromatic carbocycles. The van der Waals surface area contributed by atoms with Crippen LogP contribution in [0.3, 0.4) is 0 Å². The first-order valence-corrected chi connectivity index (χ1v) is 7.13. The lowest BCUT2D eigenvalue weighted by atomic mass is 9.98. The molecule has 0 fully saturated rings. The zero-order chi connectivity index (χ0) is 14.2. The summed E-state index contributed by atoms with van der Waals surface area (Å²) in [6.45, 7) is 1.84. The van der Waals surface area contributed by atoms with Gasteiger partial charge in [-0.05, 0) is 24.6 Å². The van der Waals surface area contributed by atoms with Crippen molar-refractivity contribution in [1.82, 2.24) is 0 Å². The van der Waals surface area contributed by atoms with Gasteiger partial charge in [0.15, 0.2) is 0 Å². The lowest BCUT2D eigenvalue weighted by Crippen LogP contribution is -2.38. The van der Waals surface area contributed by atoms with Crippen LogP contribution in [0.15, 0.2) is 65.8 Å². The van der Waals surface area contributed by atoms with E-state index in [9.17, 15) is 4.79 Å². The summed E-state index contributed by atoms with van der Waals surface area (Å²) in [4.78, 5) is 12.6.